The SMILES string of the molecule is CC[C@H]1OC(=O)[C@H](C)C(=O)[C@H](C)[C@@H](O[C@@H]2O[C@H](C)C[C@H](N(C)C)[C@H]2O)[C@@]2(C)C[C@@H](C)C(=NC(C)=O)C[C@H](C)[C@@H](CC/C(=N\OCc3ccc(-n4cccn4)nc3)CO2)[C@]1(C)O. The van der Waals surface area contributed by atoms with Crippen LogP contribution >= 0.6 is 0 Å². The molecule has 1 amide bonds. The Hall–Kier alpha value is -3.93. The van der Waals surface area contributed by atoms with Gasteiger partial charge in [-0.05, 0) is 110 Å². The van der Waals surface area contributed by atoms with E-state index in [4.69, 9.17) is 23.8 Å². The fourth-order valence-electron chi connectivity index (χ4n) is 9.47. The lowest BCUT2D eigenvalue weighted by atomic mass is 9.70. The van der Waals surface area contributed by atoms with Crippen LogP contribution in [0.5, 0.6) is 0 Å². The molecule has 2 bridgehead atoms. The van der Waals surface area contributed by atoms with Gasteiger partial charge in [0.1, 0.15) is 30.3 Å². The van der Waals surface area contributed by atoms with E-state index in [9.17, 15) is 24.6 Å². The van der Waals surface area contributed by atoms with E-state index in [-0.39, 0.29) is 50.0 Å². The number of pyridine rings is 1. The van der Waals surface area contributed by atoms with Crippen LogP contribution in [0.25, 0.3) is 5.82 Å². The minimum absolute atomic E-state index is 0.0596. The number of fused-ring (bicyclic) bond motifs is 15. The quantitative estimate of drug-likeness (QED) is 0.202. The number of likely N-dealkylation sites (N-methyl/N-ethyl adjacent to an activating group) is 1. The average Bonchev–Trinajstić information content (AvgIpc) is 3.75. The van der Waals surface area contributed by atoms with Crippen molar-refractivity contribution in [2.75, 3.05) is 20.7 Å². The summed E-state index contributed by atoms with van der Waals surface area (Å²) < 4.78 is 27.8. The van der Waals surface area contributed by atoms with Crippen LogP contribution < -0.4 is 0 Å². The maximum Gasteiger partial charge on any atom is 0.316 e. The first-order valence-corrected chi connectivity index (χ1v) is 21.7. The van der Waals surface area contributed by atoms with E-state index in [1.807, 2.05) is 71.8 Å². The number of ether oxygens (including phenoxy) is 4. The van der Waals surface area contributed by atoms with Crippen LogP contribution in [0.1, 0.15) is 106 Å². The second-order valence-corrected chi connectivity index (χ2v) is 18.2. The number of aliphatic hydroxyl groups is 2. The van der Waals surface area contributed by atoms with Gasteiger partial charge in [0.2, 0.25) is 5.91 Å². The summed E-state index contributed by atoms with van der Waals surface area (Å²) >= 11 is 0. The molecular formula is C45H68N6O10. The number of ketones is 1. The number of carbonyl (C=O) groups excluding carboxylic acids is 3. The number of hydrogen-bond acceptors (Lipinski definition) is 14. The molecule has 0 unspecified atom stereocenters. The summed E-state index contributed by atoms with van der Waals surface area (Å²) in [6.07, 6.45) is 2.64. The predicted octanol–water partition coefficient (Wildman–Crippen LogP) is 5.10. The topological polar surface area (TPSA) is 196 Å². The zero-order valence-corrected chi connectivity index (χ0v) is 37.8. The van der Waals surface area contributed by atoms with Crippen LogP contribution in [0.4, 0.5) is 0 Å². The second kappa shape index (κ2) is 20.5. The Morgan fingerprint density at radius 3 is 2.49 bits per heavy atom. The maximum atomic E-state index is 14.6. The van der Waals surface area contributed by atoms with Gasteiger partial charge in [-0.3, -0.25) is 14.4 Å². The molecule has 0 radical (unpaired) electrons. The van der Waals surface area contributed by atoms with Crippen molar-refractivity contribution in [2.24, 2.45) is 39.7 Å². The molecule has 6 heterocycles. The first-order chi connectivity index (χ1) is 28.7. The molecule has 2 aromatic rings. The summed E-state index contributed by atoms with van der Waals surface area (Å²) in [4.78, 5) is 58.2. The number of carbonyl (C=O) groups is 3. The summed E-state index contributed by atoms with van der Waals surface area (Å²) in [5.74, 6) is -4.32. The largest absolute Gasteiger partial charge is 0.459 e. The highest BCUT2D eigenvalue weighted by molar-refractivity contribution is 6.00. The van der Waals surface area contributed by atoms with Gasteiger partial charge in [-0.15, -0.1) is 0 Å². The lowest BCUT2D eigenvalue weighted by Gasteiger charge is -2.47. The molecule has 2 aromatic heterocycles. The molecule has 4 fully saturated rings. The average molecular weight is 853 g/mol. The molecule has 2 N–H and O–H groups in total. The third-order valence-electron chi connectivity index (χ3n) is 13.0. The lowest BCUT2D eigenvalue weighted by Crippen LogP contribution is -2.59. The van der Waals surface area contributed by atoms with Gasteiger partial charge in [-0.1, -0.05) is 38.9 Å². The molecule has 4 saturated heterocycles. The van der Waals surface area contributed by atoms with Gasteiger partial charge in [0, 0.05) is 48.7 Å². The number of aromatic nitrogens is 3. The molecule has 0 saturated carbocycles. The smallest absolute Gasteiger partial charge is 0.316 e. The fraction of sp³-hybridized carbons (Fsp3) is 0.711. The van der Waals surface area contributed by atoms with E-state index in [0.29, 0.717) is 42.9 Å². The van der Waals surface area contributed by atoms with Crippen molar-refractivity contribution >= 4 is 29.1 Å². The normalized spacial score (nSPS) is 37.4. The molecule has 338 valence electrons. The Bertz CT molecular complexity index is 1850. The molecule has 16 heteroatoms. The van der Waals surface area contributed by atoms with Crippen LogP contribution in [0.3, 0.4) is 0 Å². The van der Waals surface area contributed by atoms with Crippen molar-refractivity contribution in [3.8, 4) is 5.82 Å². The Morgan fingerprint density at radius 1 is 1.13 bits per heavy atom. The first-order valence-electron chi connectivity index (χ1n) is 21.7. The Labute approximate surface area is 360 Å². The third kappa shape index (κ3) is 11.6. The first kappa shape index (κ1) is 48.1. The van der Waals surface area contributed by atoms with Crippen molar-refractivity contribution in [3.05, 3.63) is 42.4 Å². The van der Waals surface area contributed by atoms with E-state index >= 15 is 0 Å². The monoisotopic (exact) mass is 852 g/mol. The highest BCUT2D eigenvalue weighted by Crippen LogP contribution is 2.41. The van der Waals surface area contributed by atoms with Crippen molar-refractivity contribution in [1.82, 2.24) is 19.7 Å². The van der Waals surface area contributed by atoms with Crippen LogP contribution in [-0.4, -0.2) is 128 Å². The number of Topliss-reactive ketones (excluding diaryl/α,β-unsaturated/α-hetero) is 1. The third-order valence-corrected chi connectivity index (χ3v) is 13.0. The molecule has 6 rings (SSSR count). The van der Waals surface area contributed by atoms with E-state index in [1.165, 1.54) is 13.8 Å². The van der Waals surface area contributed by atoms with Crippen LogP contribution in [-0.2, 0) is 44.8 Å². The summed E-state index contributed by atoms with van der Waals surface area (Å²) in [5, 5.41) is 33.1. The lowest BCUT2D eigenvalue weighted by molar-refractivity contribution is -0.296. The summed E-state index contributed by atoms with van der Waals surface area (Å²) in [6, 6.07) is 5.23. The number of aliphatic hydroxyl groups excluding tert-OH is 1. The number of esters is 1. The van der Waals surface area contributed by atoms with Crippen molar-refractivity contribution in [3.63, 3.8) is 0 Å². The molecule has 0 aromatic carbocycles. The fourth-order valence-corrected chi connectivity index (χ4v) is 9.47. The van der Waals surface area contributed by atoms with Crippen molar-refractivity contribution in [2.45, 2.75) is 155 Å². The summed E-state index contributed by atoms with van der Waals surface area (Å²) in [7, 11) is 3.76. The van der Waals surface area contributed by atoms with E-state index in [2.05, 4.69) is 20.2 Å². The van der Waals surface area contributed by atoms with Gasteiger partial charge in [0.15, 0.2) is 17.9 Å². The number of aliphatic imine (C=N–C) groups is 1. The van der Waals surface area contributed by atoms with Gasteiger partial charge in [0.25, 0.3) is 0 Å². The minimum atomic E-state index is -1.57. The van der Waals surface area contributed by atoms with Gasteiger partial charge >= 0.3 is 5.97 Å². The van der Waals surface area contributed by atoms with Crippen LogP contribution in [0, 0.1) is 29.6 Å². The van der Waals surface area contributed by atoms with Gasteiger partial charge in [0.05, 0.1) is 30.1 Å². The van der Waals surface area contributed by atoms with E-state index in [1.54, 1.807) is 37.1 Å². The number of amides is 1. The summed E-state index contributed by atoms with van der Waals surface area (Å²) in [5.41, 5.74) is -0.985. The Morgan fingerprint density at radius 2 is 1.87 bits per heavy atom. The predicted molar refractivity (Wildman–Crippen MR) is 228 cm³/mol. The second-order valence-electron chi connectivity index (χ2n) is 18.2. The molecule has 0 aliphatic carbocycles. The molecule has 0 spiro atoms. The van der Waals surface area contributed by atoms with Gasteiger partial charge in [-0.25, -0.2) is 14.7 Å². The Kier molecular flexibility index (Phi) is 16.2. The number of oxime groups is 1. The van der Waals surface area contributed by atoms with Crippen LogP contribution in [0.15, 0.2) is 46.9 Å². The Balaban J connectivity index is 1.63. The highest BCUT2D eigenvalue weighted by Gasteiger charge is 2.51. The number of hydrogen-bond donors (Lipinski definition) is 2. The minimum Gasteiger partial charge on any atom is -0.459 e. The zero-order chi connectivity index (χ0) is 44.8. The molecular weight excluding hydrogens is 785 g/mol. The zero-order valence-electron chi connectivity index (χ0n) is 37.8. The van der Waals surface area contributed by atoms with Crippen molar-refractivity contribution < 1.29 is 48.4 Å². The van der Waals surface area contributed by atoms with Gasteiger partial charge < -0.3 is 38.9 Å². The number of nitrogens with zero attached hydrogens (tertiary/aromatic N) is 6. The maximum absolute atomic E-state index is 14.6. The highest BCUT2D eigenvalue weighted by atomic mass is 16.7. The molecule has 13 atom stereocenters. The van der Waals surface area contributed by atoms with Gasteiger partial charge in [-0.2, -0.15) is 5.10 Å². The molecule has 4 aliphatic heterocycles. The standard InChI is InChI=1S/C45H68N6O10/c1-12-37-45(9,56)34-16-15-33(49-58-24-32-14-17-38(46-23-32)51-19-13-18-47-51)25-57-44(8,22-27(3)35(20-26(34)2)48-31(7)52)41(29(5)39(53)30(6)42(55)60-37)61-43-40(54)36(50(10)11)21-28(4)59-43/h13-14,17-19,23,26-30,34,36-37,40-41,43,54,56H,12,15-16,20-22,24-25H2,1-11H3/b48-35?,49-33+/t26-,27+,28+,29-,30+,34+,36-,37+,40+,41+,43-,44+,45-/m0/s1. The summed E-state index contributed by atoms with van der Waals surface area (Å²) in [6.45, 7) is 15.9. The van der Waals surface area contributed by atoms with E-state index < -0.39 is 71.2 Å². The van der Waals surface area contributed by atoms with Crippen LogP contribution in [0.2, 0.25) is 0 Å². The number of rotatable bonds is 8. The molecule has 61 heavy (non-hydrogen) atoms. The van der Waals surface area contributed by atoms with E-state index in [0.717, 1.165) is 5.56 Å². The molecule has 4 aliphatic rings. The molecule has 16 nitrogen and oxygen atoms in total. The van der Waals surface area contributed by atoms with Crippen molar-refractivity contribution in [1.29, 1.82) is 0 Å².